The lowest BCUT2D eigenvalue weighted by molar-refractivity contribution is -0.131. The van der Waals surface area contributed by atoms with Gasteiger partial charge in [-0.25, -0.2) is 9.18 Å². The molecule has 2 rings (SSSR count). The molecule has 0 unspecified atom stereocenters. The molecule has 1 aromatic carbocycles. The number of halogens is 1. The van der Waals surface area contributed by atoms with Crippen LogP contribution in [0.3, 0.4) is 0 Å². The number of carbonyl (C=O) groups is 2. The molecule has 2 N–H and O–H groups in total. The summed E-state index contributed by atoms with van der Waals surface area (Å²) < 4.78 is 18.9. The van der Waals surface area contributed by atoms with Crippen molar-refractivity contribution in [2.75, 3.05) is 18.5 Å². The van der Waals surface area contributed by atoms with E-state index in [9.17, 15) is 14.0 Å². The highest BCUT2D eigenvalue weighted by Gasteiger charge is 2.35. The van der Waals surface area contributed by atoms with Crippen LogP contribution >= 0.6 is 0 Å². The van der Waals surface area contributed by atoms with E-state index in [2.05, 4.69) is 5.32 Å². The van der Waals surface area contributed by atoms with Crippen LogP contribution < -0.4 is 5.32 Å². The quantitative estimate of drug-likeness (QED) is 0.891. The highest BCUT2D eigenvalue weighted by molar-refractivity contribution is 5.97. The number of nitrogens with one attached hydrogen (secondary N) is 1. The summed E-state index contributed by atoms with van der Waals surface area (Å²) in [6.45, 7) is 2.64. The van der Waals surface area contributed by atoms with Gasteiger partial charge in [-0.05, 0) is 38.0 Å². The number of carbonyl (C=O) groups excluding carboxylic acids is 1. The van der Waals surface area contributed by atoms with Crippen LogP contribution in [0.4, 0.5) is 10.1 Å². The van der Waals surface area contributed by atoms with E-state index in [1.807, 2.05) is 0 Å². The van der Waals surface area contributed by atoms with Gasteiger partial charge in [0.15, 0.2) is 0 Å². The summed E-state index contributed by atoms with van der Waals surface area (Å²) in [6, 6.07) is 3.29. The summed E-state index contributed by atoms with van der Waals surface area (Å²) in [4.78, 5) is 23.1. The Balaban J connectivity index is 2.18. The van der Waals surface area contributed by atoms with Gasteiger partial charge in [0.05, 0.1) is 23.3 Å². The summed E-state index contributed by atoms with van der Waals surface area (Å²) in [5, 5.41) is 11.3. The van der Waals surface area contributed by atoms with Gasteiger partial charge in [-0.2, -0.15) is 0 Å². The van der Waals surface area contributed by atoms with E-state index in [0.29, 0.717) is 13.0 Å². The first-order valence-electron chi connectivity index (χ1n) is 6.34. The van der Waals surface area contributed by atoms with Crippen LogP contribution in [-0.2, 0) is 9.53 Å². The van der Waals surface area contributed by atoms with Crippen molar-refractivity contribution in [3.8, 4) is 0 Å². The van der Waals surface area contributed by atoms with Gasteiger partial charge in [-0.3, -0.25) is 4.79 Å². The summed E-state index contributed by atoms with van der Waals surface area (Å²) >= 11 is 0. The van der Waals surface area contributed by atoms with Crippen LogP contribution in [0.1, 0.15) is 30.1 Å². The molecular formula is C14H16FNO4. The van der Waals surface area contributed by atoms with Gasteiger partial charge in [0.1, 0.15) is 5.82 Å². The van der Waals surface area contributed by atoms with Crippen LogP contribution in [0, 0.1) is 11.2 Å². The smallest absolute Gasteiger partial charge is 0.335 e. The Morgan fingerprint density at radius 2 is 2.20 bits per heavy atom. The van der Waals surface area contributed by atoms with Gasteiger partial charge < -0.3 is 15.2 Å². The van der Waals surface area contributed by atoms with Crippen molar-refractivity contribution < 1.29 is 23.8 Å². The normalized spacial score (nSPS) is 22.3. The maximum Gasteiger partial charge on any atom is 0.335 e. The predicted octanol–water partition coefficient (Wildman–Crippen LogP) is 2.28. The molecule has 20 heavy (non-hydrogen) atoms. The topological polar surface area (TPSA) is 75.6 Å². The number of amides is 1. The molecule has 0 saturated carbocycles. The molecular weight excluding hydrogens is 265 g/mol. The molecule has 0 bridgehead atoms. The molecule has 1 fully saturated rings. The van der Waals surface area contributed by atoms with Gasteiger partial charge in [0.25, 0.3) is 0 Å². The molecule has 1 aliphatic rings. The minimum atomic E-state index is -1.17. The van der Waals surface area contributed by atoms with E-state index in [0.717, 1.165) is 24.6 Å². The Labute approximate surface area is 115 Å². The van der Waals surface area contributed by atoms with Crippen molar-refractivity contribution in [3.05, 3.63) is 29.6 Å². The number of benzene rings is 1. The van der Waals surface area contributed by atoms with Crippen LogP contribution in [-0.4, -0.2) is 30.2 Å². The molecule has 1 heterocycles. The van der Waals surface area contributed by atoms with Crippen molar-refractivity contribution in [2.24, 2.45) is 5.41 Å². The summed E-state index contributed by atoms with van der Waals surface area (Å²) in [5.41, 5.74) is -0.919. The zero-order valence-corrected chi connectivity index (χ0v) is 11.1. The van der Waals surface area contributed by atoms with Gasteiger partial charge in [-0.15, -0.1) is 0 Å². The van der Waals surface area contributed by atoms with Crippen LogP contribution in [0.25, 0.3) is 0 Å². The maximum atomic E-state index is 13.6. The fourth-order valence-corrected chi connectivity index (χ4v) is 2.14. The Hall–Kier alpha value is -1.95. The second-order valence-corrected chi connectivity index (χ2v) is 5.17. The first-order valence-corrected chi connectivity index (χ1v) is 6.34. The molecule has 0 spiro atoms. The van der Waals surface area contributed by atoms with Crippen LogP contribution in [0.15, 0.2) is 18.2 Å². The Morgan fingerprint density at radius 3 is 2.80 bits per heavy atom. The van der Waals surface area contributed by atoms with Crippen molar-refractivity contribution in [1.82, 2.24) is 0 Å². The van der Waals surface area contributed by atoms with Gasteiger partial charge >= 0.3 is 5.97 Å². The third kappa shape index (κ3) is 2.96. The second-order valence-electron chi connectivity index (χ2n) is 5.17. The minimum absolute atomic E-state index is 0.0771. The average molecular weight is 281 g/mol. The molecule has 108 valence electrons. The highest BCUT2D eigenvalue weighted by Crippen LogP contribution is 2.30. The highest BCUT2D eigenvalue weighted by atomic mass is 19.1. The number of carboxylic acids is 1. The number of rotatable bonds is 3. The van der Waals surface area contributed by atoms with Crippen LogP contribution in [0.5, 0.6) is 0 Å². The van der Waals surface area contributed by atoms with E-state index in [-0.39, 0.29) is 23.8 Å². The van der Waals surface area contributed by atoms with Gasteiger partial charge in [0, 0.05) is 6.61 Å². The Kier molecular flexibility index (Phi) is 4.04. The van der Waals surface area contributed by atoms with Gasteiger partial charge in [0.2, 0.25) is 5.91 Å². The number of ether oxygens (including phenoxy) is 1. The van der Waals surface area contributed by atoms with Gasteiger partial charge in [-0.1, -0.05) is 0 Å². The van der Waals surface area contributed by atoms with E-state index >= 15 is 0 Å². The maximum absolute atomic E-state index is 13.6. The predicted molar refractivity (Wildman–Crippen MR) is 70.1 cm³/mol. The third-order valence-electron chi connectivity index (χ3n) is 3.45. The van der Waals surface area contributed by atoms with Crippen molar-refractivity contribution in [1.29, 1.82) is 0 Å². The summed E-state index contributed by atoms with van der Waals surface area (Å²) in [7, 11) is 0. The molecule has 6 heteroatoms. The number of aromatic carboxylic acids is 1. The number of hydrogen-bond donors (Lipinski definition) is 2. The van der Waals surface area contributed by atoms with E-state index < -0.39 is 17.2 Å². The lowest BCUT2D eigenvalue weighted by Crippen LogP contribution is -2.40. The number of hydrogen-bond acceptors (Lipinski definition) is 3. The molecule has 0 aromatic heterocycles. The zero-order valence-electron chi connectivity index (χ0n) is 11.1. The monoisotopic (exact) mass is 281 g/mol. The largest absolute Gasteiger partial charge is 0.478 e. The molecule has 1 aliphatic heterocycles. The summed E-state index contributed by atoms with van der Waals surface area (Å²) in [6.07, 6.45) is 1.42. The Bertz CT molecular complexity index is 538. The van der Waals surface area contributed by atoms with Crippen molar-refractivity contribution in [3.63, 3.8) is 0 Å². The number of carboxylic acid groups (broad SMARTS) is 1. The fourth-order valence-electron chi connectivity index (χ4n) is 2.14. The zero-order chi connectivity index (χ0) is 14.8. The molecule has 5 nitrogen and oxygen atoms in total. The van der Waals surface area contributed by atoms with E-state index in [4.69, 9.17) is 9.84 Å². The molecule has 1 saturated heterocycles. The van der Waals surface area contributed by atoms with E-state index in [1.54, 1.807) is 6.92 Å². The molecule has 0 aliphatic carbocycles. The second kappa shape index (κ2) is 5.58. The summed E-state index contributed by atoms with van der Waals surface area (Å²) in [5.74, 6) is -2.20. The molecule has 1 aromatic rings. The fraction of sp³-hybridized carbons (Fsp3) is 0.429. The van der Waals surface area contributed by atoms with Crippen molar-refractivity contribution in [2.45, 2.75) is 19.8 Å². The molecule has 1 atom stereocenters. The Morgan fingerprint density at radius 1 is 1.45 bits per heavy atom. The third-order valence-corrected chi connectivity index (χ3v) is 3.45. The standard InChI is InChI=1S/C14H16FNO4/c1-14(5-2-6-20-8-14)13(19)16-11-7-9(12(17)18)3-4-10(11)15/h3-4,7H,2,5-6,8H2,1H3,(H,16,19)(H,17,18)/t14-/m1/s1. The minimum Gasteiger partial charge on any atom is -0.478 e. The number of anilines is 1. The molecule has 0 radical (unpaired) electrons. The van der Waals surface area contributed by atoms with Crippen LogP contribution in [0.2, 0.25) is 0 Å². The SMILES string of the molecule is C[C@@]1(C(=O)Nc2cc(C(=O)O)ccc2F)CCCOC1. The molecule has 1 amide bonds. The average Bonchev–Trinajstić information content (AvgIpc) is 2.41. The lowest BCUT2D eigenvalue weighted by atomic mass is 9.84. The van der Waals surface area contributed by atoms with E-state index in [1.165, 1.54) is 0 Å². The first-order chi connectivity index (χ1) is 9.42. The first kappa shape index (κ1) is 14.5. The van der Waals surface area contributed by atoms with Crippen molar-refractivity contribution >= 4 is 17.6 Å². The lowest BCUT2D eigenvalue weighted by Gasteiger charge is -2.31.